The molecule has 0 aromatic heterocycles. The standard InChI is InChI=1S/C13H23N3O/c1-2-3-4-13(17)16-9-7-15(8-10-16)12-5-6-14-11-12/h2,12,14H,1,3-11H2. The molecule has 2 rings (SSSR count). The maximum absolute atomic E-state index is 11.8. The van der Waals surface area contributed by atoms with Gasteiger partial charge in [0, 0.05) is 45.2 Å². The molecule has 0 spiro atoms. The molecular formula is C13H23N3O. The minimum Gasteiger partial charge on any atom is -0.340 e. The van der Waals surface area contributed by atoms with Crippen LogP contribution in [-0.2, 0) is 4.79 Å². The molecule has 1 amide bonds. The minimum absolute atomic E-state index is 0.286. The van der Waals surface area contributed by atoms with E-state index in [2.05, 4.69) is 16.8 Å². The molecule has 1 N–H and O–H groups in total. The molecule has 0 bridgehead atoms. The fourth-order valence-corrected chi connectivity index (χ4v) is 2.67. The van der Waals surface area contributed by atoms with Crippen LogP contribution in [0.1, 0.15) is 19.3 Å². The average Bonchev–Trinajstić information content (AvgIpc) is 2.90. The van der Waals surface area contributed by atoms with Crippen molar-refractivity contribution < 1.29 is 4.79 Å². The Labute approximate surface area is 104 Å². The predicted octanol–water partition coefficient (Wildman–Crippen LogP) is 0.459. The first kappa shape index (κ1) is 12.6. The third-order valence-corrected chi connectivity index (χ3v) is 3.78. The van der Waals surface area contributed by atoms with E-state index in [1.807, 2.05) is 11.0 Å². The number of carbonyl (C=O) groups excluding carboxylic acids is 1. The third-order valence-electron chi connectivity index (χ3n) is 3.78. The summed E-state index contributed by atoms with van der Waals surface area (Å²) in [6, 6.07) is 0.695. The highest BCUT2D eigenvalue weighted by atomic mass is 16.2. The first-order valence-electron chi connectivity index (χ1n) is 6.64. The van der Waals surface area contributed by atoms with Crippen molar-refractivity contribution in [2.24, 2.45) is 0 Å². The van der Waals surface area contributed by atoms with Gasteiger partial charge in [-0.1, -0.05) is 6.08 Å². The summed E-state index contributed by atoms with van der Waals surface area (Å²) >= 11 is 0. The second-order valence-corrected chi connectivity index (χ2v) is 4.89. The molecule has 0 aromatic rings. The number of piperazine rings is 1. The molecule has 1 unspecified atom stereocenters. The van der Waals surface area contributed by atoms with Crippen molar-refractivity contribution in [2.75, 3.05) is 39.3 Å². The largest absolute Gasteiger partial charge is 0.340 e. The van der Waals surface area contributed by atoms with Crippen molar-refractivity contribution in [1.29, 1.82) is 0 Å². The van der Waals surface area contributed by atoms with E-state index in [-0.39, 0.29) is 5.91 Å². The van der Waals surface area contributed by atoms with Crippen LogP contribution in [0.3, 0.4) is 0 Å². The Hall–Kier alpha value is -0.870. The van der Waals surface area contributed by atoms with Crippen LogP contribution in [0, 0.1) is 0 Å². The van der Waals surface area contributed by atoms with E-state index in [0.29, 0.717) is 12.5 Å². The van der Waals surface area contributed by atoms with Crippen molar-refractivity contribution in [3.05, 3.63) is 12.7 Å². The number of hydrogen-bond donors (Lipinski definition) is 1. The van der Waals surface area contributed by atoms with E-state index >= 15 is 0 Å². The number of nitrogens with one attached hydrogen (secondary N) is 1. The normalized spacial score (nSPS) is 26.1. The van der Waals surface area contributed by atoms with Gasteiger partial charge in [0.05, 0.1) is 0 Å². The van der Waals surface area contributed by atoms with Crippen LogP contribution < -0.4 is 5.32 Å². The Morgan fingerprint density at radius 1 is 1.35 bits per heavy atom. The molecule has 2 fully saturated rings. The lowest BCUT2D eigenvalue weighted by molar-refractivity contribution is -0.133. The third kappa shape index (κ3) is 3.30. The van der Waals surface area contributed by atoms with Gasteiger partial charge in [-0.2, -0.15) is 0 Å². The molecule has 0 aromatic carbocycles. The maximum atomic E-state index is 11.8. The number of carbonyl (C=O) groups is 1. The number of amides is 1. The van der Waals surface area contributed by atoms with Crippen LogP contribution in [0.4, 0.5) is 0 Å². The quantitative estimate of drug-likeness (QED) is 0.722. The van der Waals surface area contributed by atoms with E-state index in [9.17, 15) is 4.79 Å². The SMILES string of the molecule is C=CCCC(=O)N1CCN(C2CCNC2)CC1. The van der Waals surface area contributed by atoms with Gasteiger partial charge in [-0.3, -0.25) is 9.69 Å². The molecule has 4 heteroatoms. The Bertz CT molecular complexity index is 266. The van der Waals surface area contributed by atoms with E-state index in [4.69, 9.17) is 0 Å². The minimum atomic E-state index is 0.286. The second kappa shape index (κ2) is 6.17. The van der Waals surface area contributed by atoms with E-state index in [0.717, 1.165) is 45.7 Å². The second-order valence-electron chi connectivity index (χ2n) is 4.89. The number of allylic oxidation sites excluding steroid dienone is 1. The molecule has 2 heterocycles. The summed E-state index contributed by atoms with van der Waals surface area (Å²) < 4.78 is 0. The zero-order valence-electron chi connectivity index (χ0n) is 10.5. The Morgan fingerprint density at radius 2 is 2.12 bits per heavy atom. The summed E-state index contributed by atoms with van der Waals surface area (Å²) in [5.41, 5.74) is 0. The first-order chi connectivity index (χ1) is 8.31. The van der Waals surface area contributed by atoms with Crippen LogP contribution in [0.15, 0.2) is 12.7 Å². The lowest BCUT2D eigenvalue weighted by Crippen LogP contribution is -2.52. The predicted molar refractivity (Wildman–Crippen MR) is 68.9 cm³/mol. The average molecular weight is 237 g/mol. The summed E-state index contributed by atoms with van der Waals surface area (Å²) in [6.07, 6.45) is 4.49. The molecule has 96 valence electrons. The van der Waals surface area contributed by atoms with Gasteiger partial charge in [-0.15, -0.1) is 6.58 Å². The topological polar surface area (TPSA) is 35.6 Å². The van der Waals surface area contributed by atoms with Gasteiger partial charge in [0.15, 0.2) is 0 Å². The number of hydrogen-bond acceptors (Lipinski definition) is 3. The Morgan fingerprint density at radius 3 is 2.71 bits per heavy atom. The molecule has 0 aliphatic carbocycles. The van der Waals surface area contributed by atoms with E-state index < -0.39 is 0 Å². The van der Waals surface area contributed by atoms with Crippen molar-refractivity contribution in [2.45, 2.75) is 25.3 Å². The van der Waals surface area contributed by atoms with Gasteiger partial charge >= 0.3 is 0 Å². The van der Waals surface area contributed by atoms with Crippen molar-refractivity contribution in [1.82, 2.24) is 15.1 Å². The highest BCUT2D eigenvalue weighted by molar-refractivity contribution is 5.76. The van der Waals surface area contributed by atoms with Crippen LogP contribution in [0.5, 0.6) is 0 Å². The fraction of sp³-hybridized carbons (Fsp3) is 0.769. The summed E-state index contributed by atoms with van der Waals surface area (Å²) in [4.78, 5) is 16.4. The van der Waals surface area contributed by atoms with Crippen LogP contribution in [0.25, 0.3) is 0 Å². The summed E-state index contributed by atoms with van der Waals surface area (Å²) in [5.74, 6) is 0.286. The summed E-state index contributed by atoms with van der Waals surface area (Å²) in [7, 11) is 0. The highest BCUT2D eigenvalue weighted by Gasteiger charge is 2.27. The van der Waals surface area contributed by atoms with Gasteiger partial charge in [-0.05, 0) is 19.4 Å². The van der Waals surface area contributed by atoms with Gasteiger partial charge in [0.1, 0.15) is 0 Å². The van der Waals surface area contributed by atoms with Crippen molar-refractivity contribution >= 4 is 5.91 Å². The zero-order valence-corrected chi connectivity index (χ0v) is 10.5. The molecule has 0 radical (unpaired) electrons. The number of nitrogens with zero attached hydrogens (tertiary/aromatic N) is 2. The first-order valence-corrected chi connectivity index (χ1v) is 6.64. The summed E-state index contributed by atoms with van der Waals surface area (Å²) in [5, 5.41) is 3.40. The van der Waals surface area contributed by atoms with Gasteiger partial charge in [-0.25, -0.2) is 0 Å². The molecule has 4 nitrogen and oxygen atoms in total. The van der Waals surface area contributed by atoms with E-state index in [1.54, 1.807) is 0 Å². The molecular weight excluding hydrogens is 214 g/mol. The monoisotopic (exact) mass is 237 g/mol. The highest BCUT2D eigenvalue weighted by Crippen LogP contribution is 2.12. The maximum Gasteiger partial charge on any atom is 0.222 e. The lowest BCUT2D eigenvalue weighted by Gasteiger charge is -2.37. The molecule has 2 saturated heterocycles. The number of rotatable bonds is 4. The molecule has 2 aliphatic heterocycles. The van der Waals surface area contributed by atoms with Crippen LogP contribution in [0.2, 0.25) is 0 Å². The molecule has 1 atom stereocenters. The van der Waals surface area contributed by atoms with Gasteiger partial charge in [0.2, 0.25) is 5.91 Å². The van der Waals surface area contributed by atoms with Gasteiger partial charge in [0.25, 0.3) is 0 Å². The smallest absolute Gasteiger partial charge is 0.222 e. The van der Waals surface area contributed by atoms with Crippen LogP contribution in [-0.4, -0.2) is 61.0 Å². The van der Waals surface area contributed by atoms with Crippen molar-refractivity contribution in [3.63, 3.8) is 0 Å². The zero-order chi connectivity index (χ0) is 12.1. The molecule has 0 saturated carbocycles. The van der Waals surface area contributed by atoms with Crippen molar-refractivity contribution in [3.8, 4) is 0 Å². The fourth-order valence-electron chi connectivity index (χ4n) is 2.67. The molecule has 2 aliphatic rings. The Balaban J connectivity index is 1.73. The van der Waals surface area contributed by atoms with Gasteiger partial charge < -0.3 is 10.2 Å². The van der Waals surface area contributed by atoms with Crippen LogP contribution >= 0.6 is 0 Å². The Kier molecular flexibility index (Phi) is 4.57. The lowest BCUT2D eigenvalue weighted by atomic mass is 10.1. The summed E-state index contributed by atoms with van der Waals surface area (Å²) in [6.45, 7) is 9.77. The molecule has 17 heavy (non-hydrogen) atoms. The van der Waals surface area contributed by atoms with E-state index in [1.165, 1.54) is 6.42 Å².